The minimum atomic E-state index is -0.242. The van der Waals surface area contributed by atoms with Crippen molar-refractivity contribution in [1.82, 2.24) is 4.57 Å². The van der Waals surface area contributed by atoms with Gasteiger partial charge in [0.05, 0.1) is 6.17 Å². The summed E-state index contributed by atoms with van der Waals surface area (Å²) in [4.78, 5) is 10.9. The number of nitrogens with zero attached hydrogens (tertiary/aromatic N) is 1. The molecule has 1 atom stereocenters. The van der Waals surface area contributed by atoms with Crippen molar-refractivity contribution in [2.45, 2.75) is 13.1 Å². The number of hydrogen-bond donors (Lipinski definition) is 1. The van der Waals surface area contributed by atoms with Gasteiger partial charge in [0.15, 0.2) is 0 Å². The molecule has 54 valence electrons. The molecule has 0 amide bonds. The molecule has 1 aromatic heterocycles. The predicted molar refractivity (Wildman–Crippen MR) is 39.6 cm³/mol. The highest BCUT2D eigenvalue weighted by Crippen LogP contribution is 1.89. The Morgan fingerprint density at radius 2 is 2.30 bits per heavy atom. The van der Waals surface area contributed by atoms with Crippen LogP contribution in [0.15, 0.2) is 29.2 Å². The van der Waals surface area contributed by atoms with E-state index in [1.54, 1.807) is 25.3 Å². The topological polar surface area (TPSA) is 48.0 Å². The molecule has 1 aromatic rings. The predicted octanol–water partition coefficient (Wildman–Crippen LogP) is 0.326. The number of nitrogens with two attached hydrogens (primary N) is 1. The van der Waals surface area contributed by atoms with Crippen LogP contribution in [0.4, 0.5) is 0 Å². The van der Waals surface area contributed by atoms with Crippen LogP contribution in [0.25, 0.3) is 0 Å². The molecule has 3 nitrogen and oxygen atoms in total. The van der Waals surface area contributed by atoms with Gasteiger partial charge in [0.1, 0.15) is 0 Å². The first-order chi connectivity index (χ1) is 4.72. The minimum Gasteiger partial charge on any atom is -0.311 e. The van der Waals surface area contributed by atoms with E-state index in [1.807, 2.05) is 0 Å². The van der Waals surface area contributed by atoms with Crippen molar-refractivity contribution in [3.05, 3.63) is 34.7 Å². The van der Waals surface area contributed by atoms with Crippen molar-refractivity contribution in [3.63, 3.8) is 0 Å². The number of aromatic nitrogens is 1. The van der Waals surface area contributed by atoms with E-state index in [0.29, 0.717) is 0 Å². The third-order valence-electron chi connectivity index (χ3n) is 1.29. The van der Waals surface area contributed by atoms with E-state index in [1.165, 1.54) is 10.6 Å². The fraction of sp³-hybridized carbons (Fsp3) is 0.286. The van der Waals surface area contributed by atoms with Crippen LogP contribution >= 0.6 is 0 Å². The van der Waals surface area contributed by atoms with E-state index in [0.717, 1.165) is 0 Å². The van der Waals surface area contributed by atoms with E-state index >= 15 is 0 Å². The molecule has 1 unspecified atom stereocenters. The first-order valence-electron chi connectivity index (χ1n) is 3.14. The summed E-state index contributed by atoms with van der Waals surface area (Å²) in [6.45, 7) is 1.77. The smallest absolute Gasteiger partial charge is 0.251 e. The number of pyridine rings is 1. The molecule has 1 heterocycles. The average Bonchev–Trinajstić information content (AvgIpc) is 1.88. The largest absolute Gasteiger partial charge is 0.311 e. The summed E-state index contributed by atoms with van der Waals surface area (Å²) in [5, 5.41) is 0. The fourth-order valence-electron chi connectivity index (χ4n) is 0.776. The van der Waals surface area contributed by atoms with E-state index in [9.17, 15) is 4.79 Å². The van der Waals surface area contributed by atoms with Crippen LogP contribution in [-0.4, -0.2) is 4.57 Å². The second-order valence-corrected chi connectivity index (χ2v) is 2.19. The van der Waals surface area contributed by atoms with Crippen LogP contribution < -0.4 is 11.3 Å². The van der Waals surface area contributed by atoms with Crippen LogP contribution in [0.1, 0.15) is 13.1 Å². The molecule has 0 aliphatic rings. The maximum atomic E-state index is 10.9. The first-order valence-corrected chi connectivity index (χ1v) is 3.14. The van der Waals surface area contributed by atoms with Gasteiger partial charge in [-0.1, -0.05) is 6.07 Å². The van der Waals surface area contributed by atoms with Gasteiger partial charge in [0, 0.05) is 12.3 Å². The molecular formula is C7H10N2O. The Morgan fingerprint density at radius 1 is 1.60 bits per heavy atom. The van der Waals surface area contributed by atoms with E-state index < -0.39 is 0 Å². The van der Waals surface area contributed by atoms with Crippen molar-refractivity contribution in [2.24, 2.45) is 5.73 Å². The van der Waals surface area contributed by atoms with Gasteiger partial charge in [-0.15, -0.1) is 0 Å². The lowest BCUT2D eigenvalue weighted by Crippen LogP contribution is -2.26. The number of rotatable bonds is 1. The Bertz CT molecular complexity index is 264. The van der Waals surface area contributed by atoms with Crippen LogP contribution in [0.2, 0.25) is 0 Å². The molecule has 1 rings (SSSR count). The maximum Gasteiger partial charge on any atom is 0.251 e. The molecule has 0 bridgehead atoms. The molecule has 0 saturated carbocycles. The maximum absolute atomic E-state index is 10.9. The molecule has 3 heteroatoms. The Labute approximate surface area is 59.1 Å². The first kappa shape index (κ1) is 7.02. The lowest BCUT2D eigenvalue weighted by molar-refractivity contribution is 0.552. The van der Waals surface area contributed by atoms with Crippen LogP contribution in [-0.2, 0) is 0 Å². The molecule has 0 fully saturated rings. The lowest BCUT2D eigenvalue weighted by Gasteiger charge is -2.07. The SMILES string of the molecule is CC(N)n1ccccc1=O. The zero-order valence-electron chi connectivity index (χ0n) is 5.82. The Morgan fingerprint density at radius 3 is 2.70 bits per heavy atom. The van der Waals surface area contributed by atoms with Gasteiger partial charge in [-0.2, -0.15) is 0 Å². The van der Waals surface area contributed by atoms with Crippen molar-refractivity contribution in [3.8, 4) is 0 Å². The molecule has 2 N–H and O–H groups in total. The molecular weight excluding hydrogens is 128 g/mol. The van der Waals surface area contributed by atoms with Gasteiger partial charge >= 0.3 is 0 Å². The average molecular weight is 138 g/mol. The van der Waals surface area contributed by atoms with Crippen LogP contribution in [0, 0.1) is 0 Å². The highest BCUT2D eigenvalue weighted by molar-refractivity contribution is 4.93. The minimum absolute atomic E-state index is 0.0579. The summed E-state index contributed by atoms with van der Waals surface area (Å²) >= 11 is 0. The fourth-order valence-corrected chi connectivity index (χ4v) is 0.776. The van der Waals surface area contributed by atoms with Gasteiger partial charge in [-0.3, -0.25) is 4.79 Å². The zero-order chi connectivity index (χ0) is 7.56. The van der Waals surface area contributed by atoms with E-state index in [4.69, 9.17) is 5.73 Å². The Kier molecular flexibility index (Phi) is 1.87. The summed E-state index contributed by atoms with van der Waals surface area (Å²) in [7, 11) is 0. The highest BCUT2D eigenvalue weighted by atomic mass is 16.1. The lowest BCUT2D eigenvalue weighted by atomic mass is 10.4. The summed E-state index contributed by atoms with van der Waals surface area (Å²) in [5.41, 5.74) is 5.42. The Balaban J connectivity index is 3.16. The zero-order valence-corrected chi connectivity index (χ0v) is 5.82. The van der Waals surface area contributed by atoms with Crippen molar-refractivity contribution >= 4 is 0 Å². The molecule has 0 radical (unpaired) electrons. The molecule has 10 heavy (non-hydrogen) atoms. The molecule has 0 aromatic carbocycles. The third kappa shape index (κ3) is 1.25. The second-order valence-electron chi connectivity index (χ2n) is 2.19. The van der Waals surface area contributed by atoms with Crippen LogP contribution in [0.3, 0.4) is 0 Å². The third-order valence-corrected chi connectivity index (χ3v) is 1.29. The van der Waals surface area contributed by atoms with E-state index in [2.05, 4.69) is 0 Å². The monoisotopic (exact) mass is 138 g/mol. The van der Waals surface area contributed by atoms with Gasteiger partial charge in [-0.05, 0) is 13.0 Å². The normalized spacial score (nSPS) is 13.0. The quantitative estimate of drug-likeness (QED) is 0.607. The summed E-state index contributed by atoms with van der Waals surface area (Å²) in [6, 6.07) is 4.97. The van der Waals surface area contributed by atoms with Crippen molar-refractivity contribution in [1.29, 1.82) is 0 Å². The van der Waals surface area contributed by atoms with Gasteiger partial charge < -0.3 is 10.3 Å². The Hall–Kier alpha value is -1.09. The van der Waals surface area contributed by atoms with Gasteiger partial charge in [-0.25, -0.2) is 0 Å². The molecule has 0 aliphatic carbocycles. The molecule has 0 saturated heterocycles. The van der Waals surface area contributed by atoms with Gasteiger partial charge in [0.2, 0.25) is 0 Å². The second kappa shape index (κ2) is 2.66. The summed E-state index contributed by atoms with van der Waals surface area (Å²) < 4.78 is 1.47. The number of hydrogen-bond acceptors (Lipinski definition) is 2. The van der Waals surface area contributed by atoms with Crippen molar-refractivity contribution < 1.29 is 0 Å². The summed E-state index contributed by atoms with van der Waals surface area (Å²) in [6.07, 6.45) is 1.43. The standard InChI is InChI=1S/C7H10N2O/c1-6(8)9-5-3-2-4-7(9)10/h2-6H,8H2,1H3. The summed E-state index contributed by atoms with van der Waals surface area (Å²) in [5.74, 6) is 0. The highest BCUT2D eigenvalue weighted by Gasteiger charge is 1.95. The van der Waals surface area contributed by atoms with E-state index in [-0.39, 0.29) is 11.7 Å². The molecule has 0 aliphatic heterocycles. The van der Waals surface area contributed by atoms with Crippen molar-refractivity contribution in [2.75, 3.05) is 0 Å². The van der Waals surface area contributed by atoms with Crippen LogP contribution in [0.5, 0.6) is 0 Å². The molecule has 0 spiro atoms. The van der Waals surface area contributed by atoms with Gasteiger partial charge in [0.25, 0.3) is 5.56 Å².